The van der Waals surface area contributed by atoms with Crippen molar-refractivity contribution in [2.45, 2.75) is 38.6 Å². The topological polar surface area (TPSA) is 70.7 Å². The summed E-state index contributed by atoms with van der Waals surface area (Å²) in [7, 11) is 1.58. The first kappa shape index (κ1) is 20.7. The summed E-state index contributed by atoms with van der Waals surface area (Å²) in [5.41, 5.74) is 2.32. The Morgan fingerprint density at radius 3 is 2.69 bits per heavy atom. The minimum Gasteiger partial charge on any atom is -0.495 e. The highest BCUT2D eigenvalue weighted by Crippen LogP contribution is 2.28. The van der Waals surface area contributed by atoms with Crippen molar-refractivity contribution in [2.24, 2.45) is 0 Å². The normalized spacial score (nSPS) is 16.4. The van der Waals surface area contributed by atoms with E-state index in [4.69, 9.17) is 4.74 Å². The molecule has 0 aliphatic carbocycles. The van der Waals surface area contributed by atoms with E-state index in [-0.39, 0.29) is 23.9 Å². The third kappa shape index (κ3) is 5.28. The van der Waals surface area contributed by atoms with Crippen molar-refractivity contribution in [3.63, 3.8) is 0 Å². The predicted molar refractivity (Wildman–Crippen MR) is 115 cm³/mol. The first-order valence-electron chi connectivity index (χ1n) is 10.1. The second-order valence-corrected chi connectivity index (χ2v) is 7.67. The molecule has 0 bridgehead atoms. The number of hydrogen-bond acceptors (Lipinski definition) is 3. The molecule has 1 aliphatic rings. The average molecular weight is 396 g/mol. The van der Waals surface area contributed by atoms with Gasteiger partial charge >= 0.3 is 6.03 Å². The van der Waals surface area contributed by atoms with Crippen molar-refractivity contribution in [2.75, 3.05) is 25.5 Å². The number of benzene rings is 2. The molecule has 2 N–H and O–H groups in total. The van der Waals surface area contributed by atoms with E-state index in [1.165, 1.54) is 0 Å². The zero-order valence-corrected chi connectivity index (χ0v) is 17.3. The van der Waals surface area contributed by atoms with E-state index in [0.29, 0.717) is 23.5 Å². The monoisotopic (exact) mass is 395 g/mol. The van der Waals surface area contributed by atoms with Crippen LogP contribution in [0.15, 0.2) is 48.5 Å². The molecule has 0 radical (unpaired) electrons. The summed E-state index contributed by atoms with van der Waals surface area (Å²) in [4.78, 5) is 27.0. The van der Waals surface area contributed by atoms with Gasteiger partial charge in [0.05, 0.1) is 12.8 Å². The Balaban J connectivity index is 1.71. The van der Waals surface area contributed by atoms with Crippen molar-refractivity contribution < 1.29 is 14.3 Å². The van der Waals surface area contributed by atoms with Gasteiger partial charge in [0, 0.05) is 30.6 Å². The van der Waals surface area contributed by atoms with Crippen LogP contribution in [-0.2, 0) is 0 Å². The molecule has 0 unspecified atom stereocenters. The van der Waals surface area contributed by atoms with Gasteiger partial charge in [0.1, 0.15) is 5.75 Å². The van der Waals surface area contributed by atoms with E-state index in [0.717, 1.165) is 24.9 Å². The number of ether oxygens (including phenoxy) is 1. The van der Waals surface area contributed by atoms with E-state index in [1.807, 2.05) is 61.2 Å². The largest absolute Gasteiger partial charge is 0.495 e. The van der Waals surface area contributed by atoms with Crippen LogP contribution in [0.1, 0.15) is 48.5 Å². The minimum absolute atomic E-state index is 0.0187. The van der Waals surface area contributed by atoms with Crippen molar-refractivity contribution in [1.82, 2.24) is 10.2 Å². The fourth-order valence-electron chi connectivity index (χ4n) is 3.65. The van der Waals surface area contributed by atoms with E-state index < -0.39 is 0 Å². The summed E-state index contributed by atoms with van der Waals surface area (Å²) in [6.07, 6.45) is 1.96. The molecule has 1 aliphatic heterocycles. The molecule has 0 spiro atoms. The lowest BCUT2D eigenvalue weighted by Gasteiger charge is -2.33. The average Bonchev–Trinajstić information content (AvgIpc) is 2.74. The molecule has 0 saturated carbocycles. The molecular weight excluding hydrogens is 366 g/mol. The van der Waals surface area contributed by atoms with Gasteiger partial charge in [0.2, 0.25) is 0 Å². The number of amides is 3. The van der Waals surface area contributed by atoms with Gasteiger partial charge in [-0.2, -0.15) is 0 Å². The van der Waals surface area contributed by atoms with Gasteiger partial charge in [-0.05, 0) is 56.5 Å². The highest BCUT2D eigenvalue weighted by atomic mass is 16.5. The van der Waals surface area contributed by atoms with Crippen LogP contribution in [0.3, 0.4) is 0 Å². The number of carbonyl (C=O) groups is 2. The summed E-state index contributed by atoms with van der Waals surface area (Å²) < 4.78 is 5.30. The van der Waals surface area contributed by atoms with E-state index in [1.54, 1.807) is 13.2 Å². The number of methoxy groups -OCH3 is 1. The van der Waals surface area contributed by atoms with Gasteiger partial charge in [0.25, 0.3) is 5.91 Å². The van der Waals surface area contributed by atoms with Crippen molar-refractivity contribution in [1.29, 1.82) is 0 Å². The standard InChI is InChI=1S/C23H29N3O3/c1-16(2)24-23(28)26-13-7-10-19(15-26)17-8-6-9-18(14-17)22(27)25-20-11-4-5-12-21(20)29-3/h4-6,8-9,11-12,14,16,19H,7,10,13,15H2,1-3H3,(H,24,28)(H,25,27)/t19-/m0/s1. The number of likely N-dealkylation sites (tertiary alicyclic amines) is 1. The maximum absolute atomic E-state index is 12.8. The number of nitrogens with zero attached hydrogens (tertiary/aromatic N) is 1. The fourth-order valence-corrected chi connectivity index (χ4v) is 3.65. The Morgan fingerprint density at radius 1 is 1.14 bits per heavy atom. The summed E-state index contributed by atoms with van der Waals surface area (Å²) in [5, 5.41) is 5.88. The number of piperidine rings is 1. The lowest BCUT2D eigenvalue weighted by molar-refractivity contribution is 0.102. The van der Waals surface area contributed by atoms with Crippen molar-refractivity contribution in [3.8, 4) is 5.75 Å². The van der Waals surface area contributed by atoms with Crippen molar-refractivity contribution in [3.05, 3.63) is 59.7 Å². The van der Waals surface area contributed by atoms with Crippen LogP contribution >= 0.6 is 0 Å². The van der Waals surface area contributed by atoms with Crippen molar-refractivity contribution >= 4 is 17.6 Å². The van der Waals surface area contributed by atoms with Gasteiger partial charge in [-0.3, -0.25) is 4.79 Å². The molecule has 3 amide bonds. The molecule has 2 aromatic rings. The Kier molecular flexibility index (Phi) is 6.75. The Bertz CT molecular complexity index is 866. The number of rotatable bonds is 5. The molecule has 6 heteroatoms. The summed E-state index contributed by atoms with van der Waals surface area (Å²) in [6, 6.07) is 15.1. The molecular formula is C23H29N3O3. The number of urea groups is 1. The Hall–Kier alpha value is -3.02. The maximum Gasteiger partial charge on any atom is 0.317 e. The summed E-state index contributed by atoms with van der Waals surface area (Å²) in [6.45, 7) is 5.35. The van der Waals surface area contributed by atoms with Crippen LogP contribution in [0.25, 0.3) is 0 Å². The van der Waals surface area contributed by atoms with E-state index >= 15 is 0 Å². The molecule has 1 fully saturated rings. The number of para-hydroxylation sites is 2. The number of hydrogen-bond donors (Lipinski definition) is 2. The molecule has 154 valence electrons. The first-order valence-corrected chi connectivity index (χ1v) is 10.1. The molecule has 1 saturated heterocycles. The molecule has 2 aromatic carbocycles. The minimum atomic E-state index is -0.179. The van der Waals surface area contributed by atoms with E-state index in [2.05, 4.69) is 10.6 Å². The zero-order valence-electron chi connectivity index (χ0n) is 17.3. The molecule has 3 rings (SSSR count). The second kappa shape index (κ2) is 9.45. The van der Waals surface area contributed by atoms with Gasteiger partial charge in [-0.1, -0.05) is 24.3 Å². The number of nitrogens with one attached hydrogen (secondary N) is 2. The number of carbonyl (C=O) groups excluding carboxylic acids is 2. The van der Waals surface area contributed by atoms with Gasteiger partial charge in [-0.25, -0.2) is 4.79 Å². The van der Waals surface area contributed by atoms with Crippen LogP contribution in [0.2, 0.25) is 0 Å². The predicted octanol–water partition coefficient (Wildman–Crippen LogP) is 4.24. The quantitative estimate of drug-likeness (QED) is 0.795. The number of anilines is 1. The third-order valence-corrected chi connectivity index (χ3v) is 5.10. The highest BCUT2D eigenvalue weighted by Gasteiger charge is 2.25. The van der Waals surface area contributed by atoms with Crippen LogP contribution < -0.4 is 15.4 Å². The Labute approximate surface area is 172 Å². The SMILES string of the molecule is COc1ccccc1NC(=O)c1cccc([C@H]2CCCN(C(=O)NC(C)C)C2)c1. The second-order valence-electron chi connectivity index (χ2n) is 7.67. The maximum atomic E-state index is 12.8. The molecule has 29 heavy (non-hydrogen) atoms. The molecule has 1 atom stereocenters. The van der Waals surface area contributed by atoms with Gasteiger partial charge in [0.15, 0.2) is 0 Å². The van der Waals surface area contributed by atoms with Gasteiger partial charge < -0.3 is 20.3 Å². The summed E-state index contributed by atoms with van der Waals surface area (Å²) >= 11 is 0. The van der Waals surface area contributed by atoms with Crippen LogP contribution in [0.4, 0.5) is 10.5 Å². The van der Waals surface area contributed by atoms with Crippen LogP contribution in [-0.4, -0.2) is 43.1 Å². The zero-order chi connectivity index (χ0) is 20.8. The van der Waals surface area contributed by atoms with Crippen LogP contribution in [0, 0.1) is 0 Å². The van der Waals surface area contributed by atoms with Gasteiger partial charge in [-0.15, -0.1) is 0 Å². The van der Waals surface area contributed by atoms with Crippen LogP contribution in [0.5, 0.6) is 5.75 Å². The van der Waals surface area contributed by atoms with E-state index in [9.17, 15) is 9.59 Å². The smallest absolute Gasteiger partial charge is 0.317 e. The summed E-state index contributed by atoms with van der Waals surface area (Å²) in [5.74, 6) is 0.665. The molecule has 6 nitrogen and oxygen atoms in total. The third-order valence-electron chi connectivity index (χ3n) is 5.10. The molecule has 1 heterocycles. The highest BCUT2D eigenvalue weighted by molar-refractivity contribution is 6.05. The fraction of sp³-hybridized carbons (Fsp3) is 0.391. The molecule has 0 aromatic heterocycles. The Morgan fingerprint density at radius 2 is 1.93 bits per heavy atom. The lowest BCUT2D eigenvalue weighted by atomic mass is 9.89. The first-order chi connectivity index (χ1) is 14.0. The lowest BCUT2D eigenvalue weighted by Crippen LogP contribution is -2.47.